The number of hydrogen-bond acceptors (Lipinski definition) is 6. The summed E-state index contributed by atoms with van der Waals surface area (Å²) in [5.41, 5.74) is 4.46. The molecule has 7 nitrogen and oxygen atoms in total. The highest BCUT2D eigenvalue weighted by Gasteiger charge is 2.47. The molecule has 1 amide bonds. The molecule has 1 unspecified atom stereocenters. The van der Waals surface area contributed by atoms with Gasteiger partial charge in [0.05, 0.1) is 36.4 Å². The quantitative estimate of drug-likeness (QED) is 0.198. The van der Waals surface area contributed by atoms with Gasteiger partial charge in [-0.25, -0.2) is 0 Å². The first-order valence-corrected chi connectivity index (χ1v) is 13.2. The van der Waals surface area contributed by atoms with Crippen LogP contribution in [-0.2, 0) is 9.59 Å². The van der Waals surface area contributed by atoms with Gasteiger partial charge in [0.1, 0.15) is 17.3 Å². The Bertz CT molecular complexity index is 1440. The highest BCUT2D eigenvalue weighted by molar-refractivity contribution is 6.51. The number of carbonyl (C=O) groups excluding carboxylic acids is 2. The third-order valence-electron chi connectivity index (χ3n) is 7.28. The first kappa shape index (κ1) is 28.0. The molecule has 3 aromatic carbocycles. The van der Waals surface area contributed by atoms with Crippen molar-refractivity contribution in [3.8, 4) is 11.5 Å². The molecule has 0 aromatic heterocycles. The van der Waals surface area contributed by atoms with Crippen molar-refractivity contribution >= 4 is 40.4 Å². The Kier molecular flexibility index (Phi) is 8.21. The normalized spacial score (nSPS) is 16.5. The molecule has 8 heteroatoms. The van der Waals surface area contributed by atoms with Crippen molar-refractivity contribution in [2.45, 2.75) is 33.7 Å². The molecule has 4 rings (SSSR count). The number of aliphatic hydroxyl groups excluding tert-OH is 1. The molecule has 39 heavy (non-hydrogen) atoms. The first-order chi connectivity index (χ1) is 18.7. The zero-order chi connectivity index (χ0) is 28.4. The Morgan fingerprint density at radius 3 is 2.13 bits per heavy atom. The van der Waals surface area contributed by atoms with Crippen molar-refractivity contribution in [1.29, 1.82) is 0 Å². The SMILES string of the molecule is CCN(CC)c1ccc(C2/C(=C(\O)c3cc(Cl)c(OC)cc3OC)C(=O)C(=O)N2c2ccc(C)c(C)c2)cc1. The minimum atomic E-state index is -0.872. The maximum Gasteiger partial charge on any atom is 0.300 e. The van der Waals surface area contributed by atoms with Gasteiger partial charge in [-0.1, -0.05) is 29.8 Å². The van der Waals surface area contributed by atoms with Crippen LogP contribution in [0.25, 0.3) is 5.76 Å². The van der Waals surface area contributed by atoms with Crippen molar-refractivity contribution < 1.29 is 24.2 Å². The molecule has 1 heterocycles. The predicted molar refractivity (Wildman–Crippen MR) is 155 cm³/mol. The molecule has 1 atom stereocenters. The summed E-state index contributed by atoms with van der Waals surface area (Å²) in [7, 11) is 2.91. The number of aliphatic hydroxyl groups is 1. The summed E-state index contributed by atoms with van der Waals surface area (Å²) in [6.45, 7) is 9.78. The third kappa shape index (κ3) is 5.06. The van der Waals surface area contributed by atoms with Crippen LogP contribution in [0.1, 0.15) is 42.1 Å². The molecular formula is C31H33ClN2O5. The largest absolute Gasteiger partial charge is 0.507 e. The highest BCUT2D eigenvalue weighted by Crippen LogP contribution is 2.45. The van der Waals surface area contributed by atoms with Gasteiger partial charge < -0.3 is 19.5 Å². The van der Waals surface area contributed by atoms with E-state index < -0.39 is 17.7 Å². The zero-order valence-electron chi connectivity index (χ0n) is 23.0. The number of methoxy groups -OCH3 is 2. The second-order valence-electron chi connectivity index (χ2n) is 9.39. The Morgan fingerprint density at radius 1 is 0.923 bits per heavy atom. The standard InChI is InChI=1S/C31H33ClN2O5/c1-7-33(8-2)21-13-10-20(11-14-21)28-27(29(35)23-16-24(32)26(39-6)17-25(23)38-5)30(36)31(37)34(28)22-12-9-18(3)19(4)15-22/h9-17,28,35H,7-8H2,1-6H3/b29-27+. The Balaban J connectivity index is 1.96. The van der Waals surface area contributed by atoms with Crippen LogP contribution in [0.15, 0.2) is 60.2 Å². The van der Waals surface area contributed by atoms with Gasteiger partial charge in [-0.15, -0.1) is 0 Å². The van der Waals surface area contributed by atoms with Crippen molar-refractivity contribution in [3.63, 3.8) is 0 Å². The van der Waals surface area contributed by atoms with E-state index >= 15 is 0 Å². The summed E-state index contributed by atoms with van der Waals surface area (Å²) in [6.07, 6.45) is 0. The minimum Gasteiger partial charge on any atom is -0.507 e. The van der Waals surface area contributed by atoms with Gasteiger partial charge in [0.2, 0.25) is 0 Å². The van der Waals surface area contributed by atoms with Crippen molar-refractivity contribution in [3.05, 3.63) is 87.4 Å². The van der Waals surface area contributed by atoms with Crippen LogP contribution in [0.2, 0.25) is 5.02 Å². The number of aryl methyl sites for hydroxylation is 2. The number of benzene rings is 3. The summed E-state index contributed by atoms with van der Waals surface area (Å²) in [4.78, 5) is 30.8. The molecule has 1 N–H and O–H groups in total. The zero-order valence-corrected chi connectivity index (χ0v) is 23.8. The number of ether oxygens (including phenoxy) is 2. The molecule has 204 valence electrons. The molecule has 3 aromatic rings. The fraction of sp³-hybridized carbons (Fsp3) is 0.290. The third-order valence-corrected chi connectivity index (χ3v) is 7.57. The fourth-order valence-electron chi connectivity index (χ4n) is 4.94. The molecule has 1 aliphatic heterocycles. The first-order valence-electron chi connectivity index (χ1n) is 12.8. The van der Waals surface area contributed by atoms with Crippen LogP contribution in [0.5, 0.6) is 11.5 Å². The van der Waals surface area contributed by atoms with E-state index in [-0.39, 0.29) is 27.7 Å². The second kappa shape index (κ2) is 11.4. The van der Waals surface area contributed by atoms with Crippen molar-refractivity contribution in [1.82, 2.24) is 0 Å². The number of rotatable bonds is 8. The van der Waals surface area contributed by atoms with Crippen molar-refractivity contribution in [2.24, 2.45) is 0 Å². The van der Waals surface area contributed by atoms with E-state index in [1.54, 1.807) is 0 Å². The van der Waals surface area contributed by atoms with Gasteiger partial charge >= 0.3 is 0 Å². The maximum absolute atomic E-state index is 13.6. The van der Waals surface area contributed by atoms with E-state index in [9.17, 15) is 14.7 Å². The Labute approximate surface area is 234 Å². The van der Waals surface area contributed by atoms with E-state index in [1.807, 2.05) is 56.3 Å². The highest BCUT2D eigenvalue weighted by atomic mass is 35.5. The smallest absolute Gasteiger partial charge is 0.300 e. The fourth-order valence-corrected chi connectivity index (χ4v) is 5.18. The van der Waals surface area contributed by atoms with Gasteiger partial charge in [0, 0.05) is 30.5 Å². The molecule has 0 spiro atoms. The number of halogens is 1. The van der Waals surface area contributed by atoms with Gasteiger partial charge in [-0.2, -0.15) is 0 Å². The number of ketones is 1. The lowest BCUT2D eigenvalue weighted by Gasteiger charge is -2.27. The topological polar surface area (TPSA) is 79.3 Å². The number of Topliss-reactive ketones (excluding diaryl/α,β-unsaturated/α-hetero) is 1. The van der Waals surface area contributed by atoms with E-state index in [0.717, 1.165) is 29.9 Å². The maximum atomic E-state index is 13.6. The summed E-state index contributed by atoms with van der Waals surface area (Å²) in [5.74, 6) is -1.29. The van der Waals surface area contributed by atoms with Crippen LogP contribution in [0.3, 0.4) is 0 Å². The monoisotopic (exact) mass is 548 g/mol. The molecule has 1 aliphatic rings. The number of carbonyl (C=O) groups is 2. The van der Waals surface area contributed by atoms with Gasteiger partial charge in [0.25, 0.3) is 11.7 Å². The second-order valence-corrected chi connectivity index (χ2v) is 9.80. The molecule has 0 saturated carbocycles. The van der Waals surface area contributed by atoms with Gasteiger partial charge in [-0.3, -0.25) is 14.5 Å². The van der Waals surface area contributed by atoms with E-state index in [2.05, 4.69) is 18.7 Å². The average molecular weight is 549 g/mol. The minimum absolute atomic E-state index is 0.0478. The molecule has 0 bridgehead atoms. The molecule has 1 saturated heterocycles. The summed E-state index contributed by atoms with van der Waals surface area (Å²) >= 11 is 6.38. The number of nitrogens with zero attached hydrogens (tertiary/aromatic N) is 2. The predicted octanol–water partition coefficient (Wildman–Crippen LogP) is 6.45. The van der Waals surface area contributed by atoms with Crippen LogP contribution in [-0.4, -0.2) is 44.1 Å². The molecule has 1 fully saturated rings. The van der Waals surface area contributed by atoms with E-state index in [0.29, 0.717) is 17.0 Å². The summed E-state index contributed by atoms with van der Waals surface area (Å²) in [6, 6.07) is 15.5. The summed E-state index contributed by atoms with van der Waals surface area (Å²) in [5, 5.41) is 11.8. The molecule has 0 aliphatic carbocycles. The van der Waals surface area contributed by atoms with E-state index in [4.69, 9.17) is 21.1 Å². The lowest BCUT2D eigenvalue weighted by atomic mass is 9.94. The van der Waals surface area contributed by atoms with Crippen LogP contribution in [0.4, 0.5) is 11.4 Å². The molecule has 0 radical (unpaired) electrons. The number of anilines is 2. The van der Waals surface area contributed by atoms with Crippen LogP contribution in [0, 0.1) is 13.8 Å². The van der Waals surface area contributed by atoms with E-state index in [1.165, 1.54) is 31.3 Å². The Morgan fingerprint density at radius 2 is 1.56 bits per heavy atom. The van der Waals surface area contributed by atoms with Crippen LogP contribution < -0.4 is 19.3 Å². The number of amides is 1. The summed E-state index contributed by atoms with van der Waals surface area (Å²) < 4.78 is 10.8. The lowest BCUT2D eigenvalue weighted by molar-refractivity contribution is -0.132. The van der Waals surface area contributed by atoms with Crippen molar-refractivity contribution in [2.75, 3.05) is 37.1 Å². The van der Waals surface area contributed by atoms with Crippen LogP contribution >= 0.6 is 11.6 Å². The average Bonchev–Trinajstić information content (AvgIpc) is 3.20. The Hall–Kier alpha value is -3.97. The van der Waals surface area contributed by atoms with Gasteiger partial charge in [-0.05, 0) is 74.7 Å². The number of hydrogen-bond donors (Lipinski definition) is 1. The lowest BCUT2D eigenvalue weighted by Crippen LogP contribution is -2.29. The molecular weight excluding hydrogens is 516 g/mol. The van der Waals surface area contributed by atoms with Gasteiger partial charge in [0.15, 0.2) is 0 Å².